The molecule has 0 radical (unpaired) electrons. The van der Waals surface area contributed by atoms with E-state index in [1.54, 1.807) is 13.8 Å². The molecule has 8 atom stereocenters. The lowest BCUT2D eigenvalue weighted by atomic mass is 9.48. The van der Waals surface area contributed by atoms with E-state index in [0.29, 0.717) is 44.9 Å². The van der Waals surface area contributed by atoms with Gasteiger partial charge in [-0.05, 0) is 90.9 Å². The van der Waals surface area contributed by atoms with Gasteiger partial charge in [-0.1, -0.05) is 13.8 Å². The van der Waals surface area contributed by atoms with E-state index >= 15 is 0 Å². The van der Waals surface area contributed by atoms with Crippen LogP contribution in [-0.2, 0) is 53.0 Å². The predicted octanol–water partition coefficient (Wildman–Crippen LogP) is 4.37. The molecular weight excluding hydrogens is 677 g/mol. The summed E-state index contributed by atoms with van der Waals surface area (Å²) < 4.78 is 99.5. The Morgan fingerprint density at radius 2 is 1.51 bits per heavy atom. The third-order valence-electron chi connectivity index (χ3n) is 11.6. The van der Waals surface area contributed by atoms with E-state index in [-0.39, 0.29) is 48.3 Å². The molecule has 3 saturated heterocycles. The van der Waals surface area contributed by atoms with E-state index in [1.807, 2.05) is 27.7 Å². The number of carbonyl (C=O) groups excluding carboxylic acids is 4. The molecule has 3 aliphatic heterocycles. The second-order valence-corrected chi connectivity index (χ2v) is 17.7. The molecule has 6 bridgehead atoms. The minimum atomic E-state index is -5.27. The molecule has 0 aromatic carbocycles. The molecule has 278 valence electrons. The van der Waals surface area contributed by atoms with Crippen LogP contribution in [0.5, 0.6) is 0 Å². The summed E-state index contributed by atoms with van der Waals surface area (Å²) >= 11 is 0. The average molecular weight is 724 g/mol. The normalized spacial score (nSPS) is 36.4. The highest BCUT2D eigenvalue weighted by molar-refractivity contribution is 7.85. The smallest absolute Gasteiger partial charge is 0.426 e. The van der Waals surface area contributed by atoms with Crippen molar-refractivity contribution in [1.82, 2.24) is 0 Å². The number of hydrogen-bond donors (Lipinski definition) is 0. The number of halogens is 3. The first-order valence-corrected chi connectivity index (χ1v) is 18.5. The molecular formula is C33H46F3O12S-. The van der Waals surface area contributed by atoms with Gasteiger partial charge < -0.3 is 28.2 Å². The third kappa shape index (κ3) is 7.46. The van der Waals surface area contributed by atoms with Gasteiger partial charge in [0.2, 0.25) is 6.10 Å². The van der Waals surface area contributed by atoms with Gasteiger partial charge in [0.15, 0.2) is 12.2 Å². The van der Waals surface area contributed by atoms with Crippen LogP contribution in [0.15, 0.2) is 0 Å². The van der Waals surface area contributed by atoms with Crippen molar-refractivity contribution in [3.63, 3.8) is 0 Å². The number of rotatable bonds is 10. The average Bonchev–Trinajstić information content (AvgIpc) is 3.60. The minimum absolute atomic E-state index is 0.00100. The van der Waals surface area contributed by atoms with Crippen LogP contribution in [0, 0.1) is 34.0 Å². The standard InChI is InChI=1S/C20H29F3O7S.C13H18O5/c1-4-17(2,3)15(24)30-19-8-12-5-13(9-19)7-18(6-12,11-19)16(25)29-14(20(21,22)23)10-31(26,27)28;1-4-13(2,3)12(15)18-9-7-5-6-8(16-7)10(9)17-11(6)14/h12-14H,4-11H2,1-3H3,(H,26,27,28);6-10H,4-5H2,1-3H3/p-1. The van der Waals surface area contributed by atoms with Crippen LogP contribution < -0.4 is 0 Å². The van der Waals surface area contributed by atoms with Gasteiger partial charge in [0.1, 0.15) is 11.7 Å². The second-order valence-electron chi connectivity index (χ2n) is 16.2. The first-order valence-electron chi connectivity index (χ1n) is 16.9. The summed E-state index contributed by atoms with van der Waals surface area (Å²) in [6.45, 7) is 11.0. The van der Waals surface area contributed by atoms with Crippen molar-refractivity contribution in [2.24, 2.45) is 34.0 Å². The number of esters is 4. The van der Waals surface area contributed by atoms with Gasteiger partial charge in [-0.2, -0.15) is 13.2 Å². The molecule has 12 nitrogen and oxygen atoms in total. The van der Waals surface area contributed by atoms with Crippen molar-refractivity contribution in [3.05, 3.63) is 0 Å². The van der Waals surface area contributed by atoms with Crippen LogP contribution in [0.4, 0.5) is 13.2 Å². The molecule has 0 aromatic heterocycles. The first-order chi connectivity index (χ1) is 22.4. The van der Waals surface area contributed by atoms with Crippen molar-refractivity contribution in [2.45, 2.75) is 142 Å². The molecule has 7 rings (SSSR count). The van der Waals surface area contributed by atoms with E-state index in [1.165, 1.54) is 0 Å². The Morgan fingerprint density at radius 1 is 0.939 bits per heavy atom. The largest absolute Gasteiger partial charge is 0.748 e. The number of alkyl halides is 3. The molecule has 4 aliphatic carbocycles. The summed E-state index contributed by atoms with van der Waals surface area (Å²) in [6, 6.07) is 0. The van der Waals surface area contributed by atoms with Crippen LogP contribution in [0.25, 0.3) is 0 Å². The second kappa shape index (κ2) is 12.6. The lowest BCUT2D eigenvalue weighted by Gasteiger charge is -2.60. The van der Waals surface area contributed by atoms with Crippen molar-refractivity contribution in [1.29, 1.82) is 0 Å². The van der Waals surface area contributed by atoms with E-state index in [4.69, 9.17) is 18.9 Å². The molecule has 0 N–H and O–H groups in total. The molecule has 4 saturated carbocycles. The molecule has 3 heterocycles. The molecule has 7 fully saturated rings. The fourth-order valence-corrected chi connectivity index (χ4v) is 9.09. The van der Waals surface area contributed by atoms with E-state index in [9.17, 15) is 45.3 Å². The topological polar surface area (TPSA) is 172 Å². The number of hydrogen-bond acceptors (Lipinski definition) is 12. The lowest BCUT2D eigenvalue weighted by molar-refractivity contribution is -0.239. The van der Waals surface area contributed by atoms with Crippen molar-refractivity contribution < 1.29 is 69.0 Å². The summed E-state index contributed by atoms with van der Waals surface area (Å²) in [5.74, 6) is -4.04. The van der Waals surface area contributed by atoms with Gasteiger partial charge in [-0.3, -0.25) is 19.2 Å². The Morgan fingerprint density at radius 3 is 2.04 bits per heavy atom. The van der Waals surface area contributed by atoms with Gasteiger partial charge in [-0.15, -0.1) is 0 Å². The van der Waals surface area contributed by atoms with E-state index in [0.717, 1.165) is 6.42 Å². The molecule has 49 heavy (non-hydrogen) atoms. The summed E-state index contributed by atoms with van der Waals surface area (Å²) in [7, 11) is -5.27. The van der Waals surface area contributed by atoms with Crippen molar-refractivity contribution in [3.8, 4) is 0 Å². The van der Waals surface area contributed by atoms with Crippen LogP contribution in [0.2, 0.25) is 0 Å². The zero-order valence-electron chi connectivity index (χ0n) is 28.6. The summed E-state index contributed by atoms with van der Waals surface area (Å²) in [6.07, 6.45) is -5.01. The third-order valence-corrected chi connectivity index (χ3v) is 12.3. The van der Waals surface area contributed by atoms with Gasteiger partial charge >= 0.3 is 30.1 Å². The Hall–Kier alpha value is -2.46. The highest BCUT2D eigenvalue weighted by Crippen LogP contribution is 2.63. The van der Waals surface area contributed by atoms with E-state index < -0.39 is 74.1 Å². The molecule has 0 spiro atoms. The summed E-state index contributed by atoms with van der Waals surface area (Å²) in [4.78, 5) is 49.3. The zero-order valence-corrected chi connectivity index (χ0v) is 29.4. The quantitative estimate of drug-likeness (QED) is 0.177. The van der Waals surface area contributed by atoms with Crippen LogP contribution in [-0.4, -0.2) is 84.9 Å². The van der Waals surface area contributed by atoms with Gasteiger partial charge in [0, 0.05) is 6.42 Å². The van der Waals surface area contributed by atoms with Gasteiger partial charge in [-0.25, -0.2) is 8.42 Å². The van der Waals surface area contributed by atoms with Crippen LogP contribution in [0.3, 0.4) is 0 Å². The maximum Gasteiger partial charge on any atom is 0.426 e. The minimum Gasteiger partial charge on any atom is -0.748 e. The van der Waals surface area contributed by atoms with Crippen molar-refractivity contribution >= 4 is 34.0 Å². The maximum absolute atomic E-state index is 13.3. The predicted molar refractivity (Wildman–Crippen MR) is 161 cm³/mol. The van der Waals surface area contributed by atoms with Gasteiger partial charge in [0.05, 0.1) is 44.1 Å². The Kier molecular flexibility index (Phi) is 9.75. The fourth-order valence-electron chi connectivity index (χ4n) is 8.46. The van der Waals surface area contributed by atoms with E-state index in [2.05, 4.69) is 4.74 Å². The molecule has 8 unspecified atom stereocenters. The van der Waals surface area contributed by atoms with Gasteiger partial charge in [0.25, 0.3) is 0 Å². The maximum atomic E-state index is 13.3. The molecule has 0 aromatic rings. The van der Waals surface area contributed by atoms with Crippen molar-refractivity contribution in [2.75, 3.05) is 5.75 Å². The number of ether oxygens (including phenoxy) is 5. The zero-order chi connectivity index (χ0) is 36.5. The fraction of sp³-hybridized carbons (Fsp3) is 0.879. The number of fused-ring (bicyclic) bond motifs is 1. The Bertz CT molecular complexity index is 1440. The SMILES string of the molecule is CCC(C)(C)C(=O)OC12CC3CC(C1)CC(C(=O)OC(CS(=O)(=O)[O-])C(F)(F)F)(C3)C2.CCC(C)(C)C(=O)OC1C2CC3C(=O)OC1C3O2. The monoisotopic (exact) mass is 723 g/mol. The highest BCUT2D eigenvalue weighted by atomic mass is 32.2. The summed E-state index contributed by atoms with van der Waals surface area (Å²) in [5, 5.41) is 0. The lowest BCUT2D eigenvalue weighted by Crippen LogP contribution is -2.61. The number of carbonyl (C=O) groups is 4. The molecule has 7 aliphatic rings. The molecule has 0 amide bonds. The summed E-state index contributed by atoms with van der Waals surface area (Å²) in [5.41, 5.74) is -3.47. The Labute approximate surface area is 284 Å². The highest BCUT2D eigenvalue weighted by Gasteiger charge is 2.66. The Balaban J connectivity index is 0.000000219. The van der Waals surface area contributed by atoms with Crippen LogP contribution in [0.1, 0.15) is 99.3 Å². The van der Waals surface area contributed by atoms with Crippen LogP contribution >= 0.6 is 0 Å². The molecule has 16 heteroatoms. The first kappa shape index (κ1) is 37.8.